The van der Waals surface area contributed by atoms with Gasteiger partial charge in [-0.3, -0.25) is 9.78 Å². The number of carbonyl (C=O) groups excluding carboxylic acids is 1. The van der Waals surface area contributed by atoms with Gasteiger partial charge in [-0.2, -0.15) is 0 Å². The Morgan fingerprint density at radius 1 is 1.20 bits per heavy atom. The molecule has 0 aliphatic rings. The average Bonchev–Trinajstić information content (AvgIpc) is 2.48. The minimum absolute atomic E-state index is 0.129. The zero-order valence-electron chi connectivity index (χ0n) is 10.7. The third-order valence-corrected chi connectivity index (χ3v) is 2.60. The number of hydrogen-bond acceptors (Lipinski definition) is 4. The van der Waals surface area contributed by atoms with Gasteiger partial charge >= 0.3 is 5.97 Å². The summed E-state index contributed by atoms with van der Waals surface area (Å²) in [7, 11) is 1.54. The van der Waals surface area contributed by atoms with E-state index in [0.29, 0.717) is 11.4 Å². The highest BCUT2D eigenvalue weighted by molar-refractivity contribution is 6.09. The number of aromatic carboxylic acids is 1. The lowest BCUT2D eigenvalue weighted by molar-refractivity contribution is 0.0691. The Morgan fingerprint density at radius 2 is 1.90 bits per heavy atom. The number of ether oxygens (including phenoxy) is 1. The molecule has 1 aromatic carbocycles. The molecule has 1 aromatic heterocycles. The number of carboxylic acid groups (broad SMARTS) is 1. The van der Waals surface area contributed by atoms with E-state index in [1.165, 1.54) is 18.3 Å². The fourth-order valence-electron chi connectivity index (χ4n) is 1.62. The van der Waals surface area contributed by atoms with Crippen LogP contribution in [0.4, 0.5) is 5.69 Å². The predicted molar refractivity (Wildman–Crippen MR) is 72.1 cm³/mol. The number of benzene rings is 1. The van der Waals surface area contributed by atoms with Crippen LogP contribution >= 0.6 is 0 Å². The molecule has 2 aromatic rings. The van der Waals surface area contributed by atoms with Gasteiger partial charge in [-0.25, -0.2) is 4.79 Å². The van der Waals surface area contributed by atoms with E-state index in [4.69, 9.17) is 9.84 Å². The number of hydrogen-bond donors (Lipinski definition) is 2. The van der Waals surface area contributed by atoms with Crippen LogP contribution in [0.15, 0.2) is 42.6 Å². The lowest BCUT2D eigenvalue weighted by Crippen LogP contribution is -2.18. The maximum atomic E-state index is 12.0. The number of amides is 1. The maximum absolute atomic E-state index is 12.0. The molecule has 0 aliphatic carbocycles. The molecule has 6 nitrogen and oxygen atoms in total. The number of pyridine rings is 1. The molecule has 0 aliphatic heterocycles. The lowest BCUT2D eigenvalue weighted by Gasteiger charge is -2.07. The summed E-state index contributed by atoms with van der Waals surface area (Å²) in [5.41, 5.74) is 0.257. The molecule has 2 rings (SSSR count). The van der Waals surface area contributed by atoms with Gasteiger partial charge < -0.3 is 15.2 Å². The topological polar surface area (TPSA) is 88.5 Å². The second-order valence-electron chi connectivity index (χ2n) is 3.89. The predicted octanol–water partition coefficient (Wildman–Crippen LogP) is 2.04. The van der Waals surface area contributed by atoms with Crippen LogP contribution in [0.2, 0.25) is 0 Å². The summed E-state index contributed by atoms with van der Waals surface area (Å²) >= 11 is 0. The number of nitrogens with one attached hydrogen (secondary N) is 1. The molecule has 0 fully saturated rings. The van der Waals surface area contributed by atoms with Crippen LogP contribution in [0.5, 0.6) is 5.75 Å². The molecule has 20 heavy (non-hydrogen) atoms. The molecule has 2 N–H and O–H groups in total. The summed E-state index contributed by atoms with van der Waals surface area (Å²) in [6, 6.07) is 9.48. The molecule has 6 heteroatoms. The van der Waals surface area contributed by atoms with Crippen molar-refractivity contribution in [1.29, 1.82) is 0 Å². The molecule has 0 atom stereocenters. The van der Waals surface area contributed by atoms with E-state index >= 15 is 0 Å². The second-order valence-corrected chi connectivity index (χ2v) is 3.89. The third kappa shape index (κ3) is 2.92. The Morgan fingerprint density at radius 3 is 2.50 bits per heavy atom. The van der Waals surface area contributed by atoms with Crippen LogP contribution in [0.3, 0.4) is 0 Å². The van der Waals surface area contributed by atoms with Gasteiger partial charge in [0.2, 0.25) is 0 Å². The molecule has 1 heterocycles. The Balaban J connectivity index is 2.21. The fourth-order valence-corrected chi connectivity index (χ4v) is 1.62. The van der Waals surface area contributed by atoms with Gasteiger partial charge in [0.15, 0.2) is 0 Å². The van der Waals surface area contributed by atoms with Crippen molar-refractivity contribution in [3.8, 4) is 5.75 Å². The quantitative estimate of drug-likeness (QED) is 0.889. The van der Waals surface area contributed by atoms with Crippen molar-refractivity contribution in [2.75, 3.05) is 12.4 Å². The van der Waals surface area contributed by atoms with Crippen molar-refractivity contribution >= 4 is 17.6 Å². The van der Waals surface area contributed by atoms with E-state index in [0.717, 1.165) is 0 Å². The largest absolute Gasteiger partial charge is 0.497 e. The number of carbonyl (C=O) groups is 2. The van der Waals surface area contributed by atoms with Crippen LogP contribution in [-0.4, -0.2) is 29.1 Å². The summed E-state index contributed by atoms with van der Waals surface area (Å²) in [5, 5.41) is 11.6. The van der Waals surface area contributed by atoms with E-state index in [1.54, 1.807) is 31.4 Å². The normalized spacial score (nSPS) is 9.85. The molecule has 0 bridgehead atoms. The first kappa shape index (κ1) is 13.5. The van der Waals surface area contributed by atoms with Gasteiger partial charge in [-0.05, 0) is 36.4 Å². The van der Waals surface area contributed by atoms with Gasteiger partial charge in [-0.15, -0.1) is 0 Å². The smallest absolute Gasteiger partial charge is 0.338 e. The SMILES string of the molecule is COc1ccc(NC(=O)c2ncccc2C(=O)O)cc1. The number of rotatable bonds is 4. The Labute approximate surface area is 115 Å². The summed E-state index contributed by atoms with van der Waals surface area (Å²) < 4.78 is 5.01. The van der Waals surface area contributed by atoms with Crippen molar-refractivity contribution in [3.05, 3.63) is 53.9 Å². The molecule has 102 valence electrons. The Hall–Kier alpha value is -2.89. The first-order valence-electron chi connectivity index (χ1n) is 5.75. The number of carboxylic acids is 1. The first-order chi connectivity index (χ1) is 9.61. The lowest BCUT2D eigenvalue weighted by atomic mass is 10.2. The van der Waals surface area contributed by atoms with Gasteiger partial charge in [0.1, 0.15) is 11.4 Å². The molecule has 0 spiro atoms. The minimum Gasteiger partial charge on any atom is -0.497 e. The number of anilines is 1. The summed E-state index contributed by atoms with van der Waals surface area (Å²) in [6.07, 6.45) is 1.37. The van der Waals surface area contributed by atoms with Gasteiger partial charge in [0.05, 0.1) is 12.7 Å². The number of methoxy groups -OCH3 is 1. The Bertz CT molecular complexity index is 638. The highest BCUT2D eigenvalue weighted by Crippen LogP contribution is 2.16. The number of nitrogens with zero attached hydrogens (tertiary/aromatic N) is 1. The average molecular weight is 272 g/mol. The van der Waals surface area contributed by atoms with E-state index in [2.05, 4.69) is 10.3 Å². The van der Waals surface area contributed by atoms with Crippen molar-refractivity contribution in [2.24, 2.45) is 0 Å². The standard InChI is InChI=1S/C14H12N2O4/c1-20-10-6-4-9(5-7-10)16-13(17)12-11(14(18)19)3-2-8-15-12/h2-8H,1H3,(H,16,17)(H,18,19). The van der Waals surface area contributed by atoms with Crippen molar-refractivity contribution < 1.29 is 19.4 Å². The maximum Gasteiger partial charge on any atom is 0.338 e. The molecular weight excluding hydrogens is 260 g/mol. The molecule has 0 radical (unpaired) electrons. The van der Waals surface area contributed by atoms with Crippen LogP contribution in [0.1, 0.15) is 20.8 Å². The molecule has 0 unspecified atom stereocenters. The summed E-state index contributed by atoms with van der Waals surface area (Å²) in [6.45, 7) is 0. The summed E-state index contributed by atoms with van der Waals surface area (Å²) in [5.74, 6) is -1.11. The van der Waals surface area contributed by atoms with Crippen LogP contribution in [0, 0.1) is 0 Å². The highest BCUT2D eigenvalue weighted by atomic mass is 16.5. The Kier molecular flexibility index (Phi) is 3.95. The molecule has 1 amide bonds. The minimum atomic E-state index is -1.20. The van der Waals surface area contributed by atoms with Crippen LogP contribution < -0.4 is 10.1 Å². The van der Waals surface area contributed by atoms with Gasteiger partial charge in [0, 0.05) is 11.9 Å². The van der Waals surface area contributed by atoms with Crippen LogP contribution in [-0.2, 0) is 0 Å². The zero-order valence-corrected chi connectivity index (χ0v) is 10.7. The number of aromatic nitrogens is 1. The van der Waals surface area contributed by atoms with E-state index in [1.807, 2.05) is 0 Å². The molecule has 0 saturated carbocycles. The van der Waals surface area contributed by atoms with Crippen LogP contribution in [0.25, 0.3) is 0 Å². The zero-order chi connectivity index (χ0) is 14.5. The second kappa shape index (κ2) is 5.83. The van der Waals surface area contributed by atoms with E-state index < -0.39 is 11.9 Å². The van der Waals surface area contributed by atoms with E-state index in [-0.39, 0.29) is 11.3 Å². The monoisotopic (exact) mass is 272 g/mol. The fraction of sp³-hybridized carbons (Fsp3) is 0.0714. The molecule has 0 saturated heterocycles. The van der Waals surface area contributed by atoms with Crippen molar-refractivity contribution in [2.45, 2.75) is 0 Å². The van der Waals surface area contributed by atoms with E-state index in [9.17, 15) is 9.59 Å². The van der Waals surface area contributed by atoms with Gasteiger partial charge in [-0.1, -0.05) is 0 Å². The molecular formula is C14H12N2O4. The highest BCUT2D eigenvalue weighted by Gasteiger charge is 2.17. The first-order valence-corrected chi connectivity index (χ1v) is 5.75. The third-order valence-electron chi connectivity index (χ3n) is 2.60. The van der Waals surface area contributed by atoms with Crippen molar-refractivity contribution in [1.82, 2.24) is 4.98 Å². The van der Waals surface area contributed by atoms with Gasteiger partial charge in [0.25, 0.3) is 5.91 Å². The van der Waals surface area contributed by atoms with Crippen molar-refractivity contribution in [3.63, 3.8) is 0 Å². The summed E-state index contributed by atoms with van der Waals surface area (Å²) in [4.78, 5) is 26.9.